The van der Waals surface area contributed by atoms with E-state index < -0.39 is 5.91 Å². The van der Waals surface area contributed by atoms with Gasteiger partial charge in [-0.15, -0.1) is 0 Å². The molecule has 0 unspecified atom stereocenters. The summed E-state index contributed by atoms with van der Waals surface area (Å²) in [6.45, 7) is 3.08. The Hall–Kier alpha value is -2.97. The fourth-order valence-corrected chi connectivity index (χ4v) is 2.32. The monoisotopic (exact) mass is 369 g/mol. The lowest BCUT2D eigenvalue weighted by atomic mass is 10.1. The third-order valence-electron chi connectivity index (χ3n) is 3.51. The zero-order chi connectivity index (χ0) is 18.8. The van der Waals surface area contributed by atoms with Crippen LogP contribution in [-0.4, -0.2) is 19.1 Å². The average molecular weight is 370 g/mol. The van der Waals surface area contributed by atoms with Crippen LogP contribution in [0.15, 0.2) is 60.3 Å². The average Bonchev–Trinajstić information content (AvgIpc) is 2.65. The van der Waals surface area contributed by atoms with Crippen LogP contribution in [0.25, 0.3) is 0 Å². The second-order valence-corrected chi connectivity index (χ2v) is 5.85. The van der Waals surface area contributed by atoms with Crippen molar-refractivity contribution in [3.8, 4) is 11.8 Å². The minimum absolute atomic E-state index is 0.00925. The van der Waals surface area contributed by atoms with Crippen LogP contribution in [0.4, 0.5) is 5.69 Å². The summed E-state index contributed by atoms with van der Waals surface area (Å²) in [5.74, 6) is 0.265. The Kier molecular flexibility index (Phi) is 7.53. The molecule has 0 bridgehead atoms. The fourth-order valence-electron chi connectivity index (χ4n) is 2.19. The van der Waals surface area contributed by atoms with E-state index in [0.717, 1.165) is 17.7 Å². The van der Waals surface area contributed by atoms with Crippen LogP contribution in [-0.2, 0) is 11.2 Å². The lowest BCUT2D eigenvalue weighted by molar-refractivity contribution is -0.112. The highest BCUT2D eigenvalue weighted by Gasteiger charge is 2.09. The summed E-state index contributed by atoms with van der Waals surface area (Å²) in [5, 5.41) is 15.6. The van der Waals surface area contributed by atoms with Gasteiger partial charge in [-0.1, -0.05) is 23.7 Å². The van der Waals surface area contributed by atoms with Gasteiger partial charge in [-0.2, -0.15) is 5.26 Å². The van der Waals surface area contributed by atoms with E-state index in [1.165, 1.54) is 6.20 Å². The van der Waals surface area contributed by atoms with Crippen LogP contribution < -0.4 is 15.4 Å². The third-order valence-corrected chi connectivity index (χ3v) is 3.76. The molecule has 134 valence electrons. The number of ether oxygens (including phenoxy) is 1. The third kappa shape index (κ3) is 6.15. The van der Waals surface area contributed by atoms with E-state index in [9.17, 15) is 10.1 Å². The van der Waals surface area contributed by atoms with E-state index >= 15 is 0 Å². The largest absolute Gasteiger partial charge is 0.494 e. The molecule has 0 aromatic heterocycles. The molecule has 2 aromatic carbocycles. The first-order valence-corrected chi connectivity index (χ1v) is 8.62. The van der Waals surface area contributed by atoms with Crippen molar-refractivity contribution in [1.82, 2.24) is 5.32 Å². The number of amides is 1. The van der Waals surface area contributed by atoms with E-state index in [2.05, 4.69) is 10.6 Å². The van der Waals surface area contributed by atoms with E-state index in [0.29, 0.717) is 23.9 Å². The summed E-state index contributed by atoms with van der Waals surface area (Å²) in [4.78, 5) is 12.2. The second-order valence-electron chi connectivity index (χ2n) is 5.41. The van der Waals surface area contributed by atoms with E-state index in [4.69, 9.17) is 16.3 Å². The Balaban J connectivity index is 1.85. The maximum Gasteiger partial charge on any atom is 0.267 e. The Labute approximate surface area is 158 Å². The molecule has 6 heteroatoms. The number of benzene rings is 2. The molecule has 0 aliphatic rings. The molecule has 0 spiro atoms. The Morgan fingerprint density at radius 1 is 1.19 bits per heavy atom. The van der Waals surface area contributed by atoms with Gasteiger partial charge in [0.15, 0.2) is 0 Å². The Morgan fingerprint density at radius 2 is 1.88 bits per heavy atom. The molecule has 0 radical (unpaired) electrons. The van der Waals surface area contributed by atoms with Crippen LogP contribution in [0.3, 0.4) is 0 Å². The SMILES string of the molecule is CCOc1ccc(NC(=O)/C(C#N)=C\NCCc2ccc(Cl)cc2)cc1. The van der Waals surface area contributed by atoms with Gasteiger partial charge in [0, 0.05) is 23.5 Å². The summed E-state index contributed by atoms with van der Waals surface area (Å²) < 4.78 is 5.35. The zero-order valence-corrected chi connectivity index (χ0v) is 15.2. The molecule has 2 rings (SSSR count). The van der Waals surface area contributed by atoms with Gasteiger partial charge in [0.1, 0.15) is 17.4 Å². The van der Waals surface area contributed by atoms with E-state index in [1.54, 1.807) is 24.3 Å². The first-order chi connectivity index (χ1) is 12.6. The highest BCUT2D eigenvalue weighted by molar-refractivity contribution is 6.30. The van der Waals surface area contributed by atoms with Crippen LogP contribution in [0.2, 0.25) is 5.02 Å². The standard InChI is InChI=1S/C20H20ClN3O2/c1-2-26-19-9-7-18(8-10-19)24-20(25)16(13-22)14-23-12-11-15-3-5-17(21)6-4-15/h3-10,14,23H,2,11-12H2,1H3,(H,24,25)/b16-14-. The lowest BCUT2D eigenvalue weighted by Crippen LogP contribution is -2.18. The molecule has 0 aliphatic carbocycles. The molecule has 26 heavy (non-hydrogen) atoms. The van der Waals surface area contributed by atoms with Gasteiger partial charge in [0.25, 0.3) is 5.91 Å². The number of nitriles is 1. The highest BCUT2D eigenvalue weighted by atomic mass is 35.5. The highest BCUT2D eigenvalue weighted by Crippen LogP contribution is 2.16. The van der Waals surface area contributed by atoms with Gasteiger partial charge in [-0.25, -0.2) is 0 Å². The maximum absolute atomic E-state index is 12.2. The number of rotatable bonds is 8. The Morgan fingerprint density at radius 3 is 2.50 bits per heavy atom. The number of nitrogens with zero attached hydrogens (tertiary/aromatic N) is 1. The molecule has 2 aromatic rings. The number of carbonyl (C=O) groups excluding carboxylic acids is 1. The molecule has 0 atom stereocenters. The minimum atomic E-state index is -0.462. The van der Waals surface area contributed by atoms with Gasteiger partial charge in [0.2, 0.25) is 0 Å². The van der Waals surface area contributed by atoms with Crippen LogP contribution >= 0.6 is 11.6 Å². The molecule has 0 saturated heterocycles. The molecule has 0 saturated carbocycles. The normalized spacial score (nSPS) is 10.7. The van der Waals surface area contributed by atoms with Gasteiger partial charge in [-0.05, 0) is 55.3 Å². The number of hydrogen-bond donors (Lipinski definition) is 2. The van der Waals surface area contributed by atoms with Crippen molar-refractivity contribution < 1.29 is 9.53 Å². The van der Waals surface area contributed by atoms with Crippen molar-refractivity contribution in [3.05, 3.63) is 70.9 Å². The molecule has 0 heterocycles. The van der Waals surface area contributed by atoms with Gasteiger partial charge >= 0.3 is 0 Å². The summed E-state index contributed by atoms with van der Waals surface area (Å²) >= 11 is 5.85. The lowest BCUT2D eigenvalue weighted by Gasteiger charge is -2.07. The molecule has 0 aliphatic heterocycles. The number of nitrogens with one attached hydrogen (secondary N) is 2. The molecular weight excluding hydrogens is 350 g/mol. The first-order valence-electron chi connectivity index (χ1n) is 8.24. The summed E-state index contributed by atoms with van der Waals surface area (Å²) in [6.07, 6.45) is 2.19. The predicted octanol–water partition coefficient (Wildman–Crippen LogP) is 3.92. The number of carbonyl (C=O) groups is 1. The summed E-state index contributed by atoms with van der Waals surface area (Å²) in [7, 11) is 0. The predicted molar refractivity (Wildman–Crippen MR) is 103 cm³/mol. The molecule has 1 amide bonds. The van der Waals surface area contributed by atoms with Crippen LogP contribution in [0, 0.1) is 11.3 Å². The smallest absolute Gasteiger partial charge is 0.267 e. The quantitative estimate of drug-likeness (QED) is 0.420. The van der Waals surface area contributed by atoms with Crippen LogP contribution in [0.1, 0.15) is 12.5 Å². The maximum atomic E-state index is 12.2. The topological polar surface area (TPSA) is 74.1 Å². The van der Waals surface area contributed by atoms with E-state index in [1.807, 2.05) is 37.3 Å². The van der Waals surface area contributed by atoms with Crippen molar-refractivity contribution >= 4 is 23.2 Å². The van der Waals surface area contributed by atoms with Crippen LogP contribution in [0.5, 0.6) is 5.75 Å². The van der Waals surface area contributed by atoms with Gasteiger partial charge in [0.05, 0.1) is 6.61 Å². The number of anilines is 1. The zero-order valence-electron chi connectivity index (χ0n) is 14.5. The fraction of sp³-hybridized carbons (Fsp3) is 0.200. The van der Waals surface area contributed by atoms with Crippen molar-refractivity contribution in [2.24, 2.45) is 0 Å². The minimum Gasteiger partial charge on any atom is -0.494 e. The van der Waals surface area contributed by atoms with Gasteiger partial charge in [-0.3, -0.25) is 4.79 Å². The molecule has 0 fully saturated rings. The molecule has 2 N–H and O–H groups in total. The van der Waals surface area contributed by atoms with Crippen molar-refractivity contribution in [2.45, 2.75) is 13.3 Å². The first kappa shape index (κ1) is 19.4. The Bertz CT molecular complexity index is 793. The van der Waals surface area contributed by atoms with Crippen molar-refractivity contribution in [1.29, 1.82) is 5.26 Å². The van der Waals surface area contributed by atoms with Crippen molar-refractivity contribution in [3.63, 3.8) is 0 Å². The van der Waals surface area contributed by atoms with Gasteiger partial charge < -0.3 is 15.4 Å². The van der Waals surface area contributed by atoms with E-state index in [-0.39, 0.29) is 5.57 Å². The molecule has 5 nitrogen and oxygen atoms in total. The second kappa shape index (κ2) is 10.1. The number of halogens is 1. The number of hydrogen-bond acceptors (Lipinski definition) is 4. The summed E-state index contributed by atoms with van der Waals surface area (Å²) in [6, 6.07) is 16.4. The molecular formula is C20H20ClN3O2. The summed E-state index contributed by atoms with van der Waals surface area (Å²) in [5.41, 5.74) is 1.73. The van der Waals surface area contributed by atoms with Crippen molar-refractivity contribution in [2.75, 3.05) is 18.5 Å².